The maximum absolute atomic E-state index is 11.8. The highest BCUT2D eigenvalue weighted by atomic mass is 32.1. The second kappa shape index (κ2) is 6.47. The van der Waals surface area contributed by atoms with E-state index in [9.17, 15) is 14.4 Å². The van der Waals surface area contributed by atoms with Crippen LogP contribution in [0.2, 0.25) is 0 Å². The van der Waals surface area contributed by atoms with Crippen molar-refractivity contribution in [2.75, 3.05) is 11.9 Å². The van der Waals surface area contributed by atoms with E-state index < -0.39 is 23.8 Å². The van der Waals surface area contributed by atoms with Crippen LogP contribution in [0.15, 0.2) is 5.38 Å². The van der Waals surface area contributed by atoms with Crippen LogP contribution in [0.1, 0.15) is 26.5 Å². The van der Waals surface area contributed by atoms with Crippen LogP contribution in [-0.2, 0) is 20.8 Å². The number of nitrogens with one attached hydrogen (secondary N) is 2. The van der Waals surface area contributed by atoms with Gasteiger partial charge in [0, 0.05) is 10.8 Å². The molecule has 1 rings (SSSR count). The Morgan fingerprint density at radius 1 is 1.35 bits per heavy atom. The number of amides is 2. The largest absolute Gasteiger partial charge is 0.480 e. The third-order valence-corrected chi connectivity index (χ3v) is 3.04. The molecule has 0 spiro atoms. The summed E-state index contributed by atoms with van der Waals surface area (Å²) in [6.45, 7) is 4.94. The maximum Gasteiger partial charge on any atom is 0.322 e. The van der Waals surface area contributed by atoms with Gasteiger partial charge in [-0.3, -0.25) is 14.4 Å². The monoisotopic (exact) mass is 299 g/mol. The highest BCUT2D eigenvalue weighted by Crippen LogP contribution is 2.20. The molecule has 0 bridgehead atoms. The van der Waals surface area contributed by atoms with Crippen molar-refractivity contribution in [1.29, 1.82) is 0 Å². The molecule has 0 aromatic carbocycles. The van der Waals surface area contributed by atoms with Gasteiger partial charge in [-0.1, -0.05) is 20.8 Å². The van der Waals surface area contributed by atoms with Gasteiger partial charge in [-0.05, 0) is 0 Å². The van der Waals surface area contributed by atoms with Gasteiger partial charge in [-0.2, -0.15) is 0 Å². The number of carbonyl (C=O) groups is 3. The fourth-order valence-corrected chi connectivity index (χ4v) is 1.84. The lowest BCUT2D eigenvalue weighted by atomic mass is 9.96. The molecule has 0 saturated heterocycles. The molecule has 3 N–H and O–H groups in total. The molecule has 1 aromatic rings. The summed E-state index contributed by atoms with van der Waals surface area (Å²) < 4.78 is 0. The van der Waals surface area contributed by atoms with Gasteiger partial charge in [0.2, 0.25) is 11.8 Å². The topological polar surface area (TPSA) is 108 Å². The van der Waals surface area contributed by atoms with Gasteiger partial charge < -0.3 is 15.7 Å². The van der Waals surface area contributed by atoms with E-state index in [0.717, 1.165) is 0 Å². The lowest BCUT2D eigenvalue weighted by Crippen LogP contribution is -2.30. The Bertz CT molecular complexity index is 519. The minimum atomic E-state index is -1.10. The average Bonchev–Trinajstić information content (AvgIpc) is 2.72. The Balaban J connectivity index is 2.53. The summed E-state index contributed by atoms with van der Waals surface area (Å²) >= 11 is 1.22. The number of carbonyl (C=O) groups excluding carboxylic acids is 2. The Kier molecular flexibility index (Phi) is 5.20. The molecule has 1 aromatic heterocycles. The first-order valence-corrected chi connectivity index (χ1v) is 6.81. The van der Waals surface area contributed by atoms with Gasteiger partial charge in [0.25, 0.3) is 0 Å². The van der Waals surface area contributed by atoms with Gasteiger partial charge in [0.1, 0.15) is 6.54 Å². The fourth-order valence-electron chi connectivity index (χ4n) is 1.13. The number of hydrogen-bond acceptors (Lipinski definition) is 5. The Morgan fingerprint density at radius 2 is 2.00 bits per heavy atom. The molecule has 0 saturated carbocycles. The molecule has 8 heteroatoms. The molecule has 0 radical (unpaired) electrons. The van der Waals surface area contributed by atoms with Crippen molar-refractivity contribution in [3.05, 3.63) is 11.1 Å². The number of hydrogen-bond donors (Lipinski definition) is 3. The second-order valence-corrected chi connectivity index (χ2v) is 6.05. The summed E-state index contributed by atoms with van der Waals surface area (Å²) in [7, 11) is 0. The van der Waals surface area contributed by atoms with Gasteiger partial charge in [-0.15, -0.1) is 11.3 Å². The van der Waals surface area contributed by atoms with Crippen LogP contribution in [0.4, 0.5) is 5.13 Å². The molecule has 0 unspecified atom stereocenters. The van der Waals surface area contributed by atoms with Gasteiger partial charge in [-0.25, -0.2) is 4.98 Å². The van der Waals surface area contributed by atoms with Gasteiger partial charge in [0.05, 0.1) is 12.1 Å². The summed E-state index contributed by atoms with van der Waals surface area (Å²) in [5, 5.41) is 15.4. The molecule has 0 aliphatic heterocycles. The van der Waals surface area contributed by atoms with Crippen LogP contribution >= 0.6 is 11.3 Å². The number of carboxylic acid groups (broad SMARTS) is 1. The predicted octanol–water partition coefficient (Wildman–Crippen LogP) is 0.871. The van der Waals surface area contributed by atoms with E-state index in [2.05, 4.69) is 15.6 Å². The smallest absolute Gasteiger partial charge is 0.322 e. The zero-order valence-corrected chi connectivity index (χ0v) is 12.3. The first kappa shape index (κ1) is 16.1. The van der Waals surface area contributed by atoms with E-state index in [4.69, 9.17) is 5.11 Å². The Hall–Kier alpha value is -1.96. The SMILES string of the molecule is CC(C)(C)C(=O)Nc1nc(CC(=O)NCC(=O)O)cs1. The standard InChI is InChI=1S/C12H17N3O4S/c1-12(2,3)10(19)15-11-14-7(6-20-11)4-8(16)13-5-9(17)18/h6H,4-5H2,1-3H3,(H,13,16)(H,17,18)(H,14,15,19). The number of nitrogens with zero attached hydrogens (tertiary/aromatic N) is 1. The quantitative estimate of drug-likeness (QED) is 0.747. The number of carboxylic acids is 1. The molecule has 20 heavy (non-hydrogen) atoms. The zero-order valence-electron chi connectivity index (χ0n) is 11.5. The van der Waals surface area contributed by atoms with Crippen LogP contribution < -0.4 is 10.6 Å². The van der Waals surface area contributed by atoms with Crippen molar-refractivity contribution in [2.24, 2.45) is 5.41 Å². The lowest BCUT2D eigenvalue weighted by Gasteiger charge is -2.15. The van der Waals surface area contributed by atoms with Crippen LogP contribution in [0.25, 0.3) is 0 Å². The summed E-state index contributed by atoms with van der Waals surface area (Å²) in [5.41, 5.74) is -0.0351. The number of aliphatic carboxylic acids is 1. The number of rotatable bonds is 5. The summed E-state index contributed by atoms with van der Waals surface area (Å²) in [6.07, 6.45) is -0.0187. The van der Waals surface area contributed by atoms with E-state index in [-0.39, 0.29) is 12.3 Å². The zero-order chi connectivity index (χ0) is 15.3. The Labute approximate surface area is 120 Å². The third-order valence-electron chi connectivity index (χ3n) is 2.23. The minimum absolute atomic E-state index is 0.0187. The second-order valence-electron chi connectivity index (χ2n) is 5.20. The summed E-state index contributed by atoms with van der Waals surface area (Å²) in [6, 6.07) is 0. The number of thiazole rings is 1. The Morgan fingerprint density at radius 3 is 2.55 bits per heavy atom. The lowest BCUT2D eigenvalue weighted by molar-refractivity contribution is -0.137. The maximum atomic E-state index is 11.8. The highest BCUT2D eigenvalue weighted by Gasteiger charge is 2.22. The van der Waals surface area contributed by atoms with Crippen molar-refractivity contribution in [1.82, 2.24) is 10.3 Å². The van der Waals surface area contributed by atoms with Crippen molar-refractivity contribution in [2.45, 2.75) is 27.2 Å². The van der Waals surface area contributed by atoms with Crippen LogP contribution in [0, 0.1) is 5.41 Å². The molecular formula is C12H17N3O4S. The first-order valence-electron chi connectivity index (χ1n) is 5.93. The van der Waals surface area contributed by atoms with Crippen molar-refractivity contribution >= 4 is 34.3 Å². The van der Waals surface area contributed by atoms with E-state index in [1.165, 1.54) is 11.3 Å². The first-order chi connectivity index (χ1) is 9.18. The van der Waals surface area contributed by atoms with E-state index in [1.807, 2.05) is 0 Å². The van der Waals surface area contributed by atoms with Crippen molar-refractivity contribution < 1.29 is 19.5 Å². The van der Waals surface area contributed by atoms with E-state index >= 15 is 0 Å². The predicted molar refractivity (Wildman–Crippen MR) is 74.5 cm³/mol. The molecular weight excluding hydrogens is 282 g/mol. The molecule has 1 heterocycles. The molecule has 0 fully saturated rings. The molecule has 0 aliphatic carbocycles. The molecule has 2 amide bonds. The molecule has 0 atom stereocenters. The fraction of sp³-hybridized carbons (Fsp3) is 0.500. The number of anilines is 1. The van der Waals surface area contributed by atoms with Crippen LogP contribution in [0.5, 0.6) is 0 Å². The summed E-state index contributed by atoms with van der Waals surface area (Å²) in [5.74, 6) is -1.69. The van der Waals surface area contributed by atoms with Crippen LogP contribution in [-0.4, -0.2) is 34.4 Å². The van der Waals surface area contributed by atoms with Crippen molar-refractivity contribution in [3.63, 3.8) is 0 Å². The van der Waals surface area contributed by atoms with Crippen molar-refractivity contribution in [3.8, 4) is 0 Å². The third kappa shape index (κ3) is 5.35. The minimum Gasteiger partial charge on any atom is -0.480 e. The highest BCUT2D eigenvalue weighted by molar-refractivity contribution is 7.13. The number of aromatic nitrogens is 1. The van der Waals surface area contributed by atoms with E-state index in [1.54, 1.807) is 26.2 Å². The molecule has 110 valence electrons. The van der Waals surface area contributed by atoms with Gasteiger partial charge in [0.15, 0.2) is 5.13 Å². The average molecular weight is 299 g/mol. The van der Waals surface area contributed by atoms with E-state index in [0.29, 0.717) is 10.8 Å². The van der Waals surface area contributed by atoms with Gasteiger partial charge >= 0.3 is 5.97 Å². The molecule has 0 aliphatic rings. The molecule has 7 nitrogen and oxygen atoms in total. The van der Waals surface area contributed by atoms with Crippen LogP contribution in [0.3, 0.4) is 0 Å². The summed E-state index contributed by atoms with van der Waals surface area (Å²) in [4.78, 5) is 37.6. The normalized spacial score (nSPS) is 10.9.